The molecule has 4 nitrogen and oxygen atoms in total. The summed E-state index contributed by atoms with van der Waals surface area (Å²) >= 11 is 3.94. The van der Waals surface area contributed by atoms with E-state index in [4.69, 9.17) is 0 Å². The second-order valence-corrected chi connectivity index (χ2v) is 5.23. The molecule has 1 aliphatic rings. The molecule has 0 bridgehead atoms. The number of phenols is 1. The quantitative estimate of drug-likeness (QED) is 0.734. The fourth-order valence-electron chi connectivity index (χ4n) is 2.29. The average molecular weight is 302 g/mol. The van der Waals surface area contributed by atoms with Crippen LogP contribution in [0.15, 0.2) is 12.1 Å². The number of amides is 2. The van der Waals surface area contributed by atoms with Crippen molar-refractivity contribution in [3.8, 4) is 5.75 Å². The Bertz CT molecular complexity index is 507. The van der Waals surface area contributed by atoms with Gasteiger partial charge in [-0.1, -0.05) is 32.1 Å². The van der Waals surface area contributed by atoms with Crippen molar-refractivity contribution in [2.45, 2.75) is 38.1 Å². The van der Waals surface area contributed by atoms with Crippen LogP contribution in [0.1, 0.15) is 32.1 Å². The number of hydrogen-bond donors (Lipinski definition) is 3. The molecule has 2 amide bonds. The number of hydrogen-bond acceptors (Lipinski definition) is 3. The van der Waals surface area contributed by atoms with Crippen molar-refractivity contribution < 1.29 is 18.7 Å². The van der Waals surface area contributed by atoms with Crippen molar-refractivity contribution in [1.29, 1.82) is 0 Å². The number of aromatic hydroxyl groups is 1. The van der Waals surface area contributed by atoms with E-state index in [0.717, 1.165) is 48.5 Å². The molecule has 0 atom stereocenters. The van der Waals surface area contributed by atoms with Crippen molar-refractivity contribution in [3.63, 3.8) is 0 Å². The number of thiol groups is 1. The van der Waals surface area contributed by atoms with Gasteiger partial charge in [0.05, 0.1) is 0 Å². The third kappa shape index (κ3) is 3.15. The van der Waals surface area contributed by atoms with Gasteiger partial charge < -0.3 is 10.4 Å². The summed E-state index contributed by atoms with van der Waals surface area (Å²) in [6.07, 6.45) is 5.02. The number of urea groups is 1. The zero-order valence-electron chi connectivity index (χ0n) is 10.8. The number of carbonyl (C=O) groups is 1. The Kier molecular flexibility index (Phi) is 4.69. The molecule has 0 spiro atoms. The molecule has 1 aromatic rings. The van der Waals surface area contributed by atoms with Gasteiger partial charge in [-0.15, -0.1) is 0 Å². The molecule has 20 heavy (non-hydrogen) atoms. The number of anilines is 1. The standard InChI is InChI=1S/C13H16F2N2O2S/c14-9-6-7-10(12(18)11(9)15)17(20)13(19)16-8-4-2-1-3-5-8/h6-8,18,20H,1-5H2,(H,16,19). The minimum atomic E-state index is -1.40. The molecule has 2 N–H and O–H groups in total. The van der Waals surface area contributed by atoms with Crippen LogP contribution in [0, 0.1) is 11.6 Å². The number of nitrogens with zero attached hydrogens (tertiary/aromatic N) is 1. The summed E-state index contributed by atoms with van der Waals surface area (Å²) in [6, 6.07) is 1.42. The summed E-state index contributed by atoms with van der Waals surface area (Å²) in [6.45, 7) is 0. The Hall–Kier alpha value is -1.50. The van der Waals surface area contributed by atoms with Crippen LogP contribution in [0.4, 0.5) is 19.3 Å². The van der Waals surface area contributed by atoms with Gasteiger partial charge in [0.25, 0.3) is 0 Å². The van der Waals surface area contributed by atoms with Crippen molar-refractivity contribution in [2.24, 2.45) is 0 Å². The van der Waals surface area contributed by atoms with E-state index in [1.165, 1.54) is 0 Å². The van der Waals surface area contributed by atoms with Crippen LogP contribution in [0.3, 0.4) is 0 Å². The van der Waals surface area contributed by atoms with Crippen molar-refractivity contribution in [1.82, 2.24) is 5.32 Å². The van der Waals surface area contributed by atoms with E-state index in [1.54, 1.807) is 0 Å². The third-order valence-electron chi connectivity index (χ3n) is 3.40. The number of halogens is 2. The fraction of sp³-hybridized carbons (Fsp3) is 0.462. The summed E-state index contributed by atoms with van der Waals surface area (Å²) in [5.41, 5.74) is -0.194. The second-order valence-electron chi connectivity index (χ2n) is 4.83. The van der Waals surface area contributed by atoms with E-state index in [1.807, 2.05) is 0 Å². The van der Waals surface area contributed by atoms with Gasteiger partial charge in [0.15, 0.2) is 11.6 Å². The number of benzene rings is 1. The van der Waals surface area contributed by atoms with Crippen LogP contribution < -0.4 is 9.62 Å². The molecule has 1 aromatic carbocycles. The number of carbonyl (C=O) groups excluding carboxylic acids is 1. The smallest absolute Gasteiger partial charge is 0.332 e. The number of rotatable bonds is 2. The lowest BCUT2D eigenvalue weighted by Crippen LogP contribution is -2.42. The molecule has 0 radical (unpaired) electrons. The van der Waals surface area contributed by atoms with Gasteiger partial charge in [-0.25, -0.2) is 13.5 Å². The van der Waals surface area contributed by atoms with E-state index in [-0.39, 0.29) is 11.7 Å². The zero-order valence-corrected chi connectivity index (χ0v) is 11.7. The van der Waals surface area contributed by atoms with Crippen LogP contribution in [-0.2, 0) is 0 Å². The summed E-state index contributed by atoms with van der Waals surface area (Å²) < 4.78 is 27.0. The maximum Gasteiger partial charge on any atom is 0.332 e. The molecule has 0 aromatic heterocycles. The maximum absolute atomic E-state index is 13.3. The Balaban J connectivity index is 2.08. The zero-order chi connectivity index (χ0) is 14.7. The molecule has 0 heterocycles. The lowest BCUT2D eigenvalue weighted by Gasteiger charge is -2.25. The van der Waals surface area contributed by atoms with Crippen LogP contribution in [0.2, 0.25) is 0 Å². The first-order chi connectivity index (χ1) is 9.50. The van der Waals surface area contributed by atoms with Gasteiger partial charge in [-0.05, 0) is 25.0 Å². The van der Waals surface area contributed by atoms with Gasteiger partial charge in [-0.3, -0.25) is 0 Å². The largest absolute Gasteiger partial charge is 0.503 e. The van der Waals surface area contributed by atoms with Crippen molar-refractivity contribution >= 4 is 24.5 Å². The lowest BCUT2D eigenvalue weighted by atomic mass is 9.96. The minimum Gasteiger partial charge on any atom is -0.503 e. The van der Waals surface area contributed by atoms with Crippen molar-refractivity contribution in [3.05, 3.63) is 23.8 Å². The summed E-state index contributed by atoms with van der Waals surface area (Å²) in [5.74, 6) is -3.51. The molecule has 2 rings (SSSR count). The summed E-state index contributed by atoms with van der Waals surface area (Å²) in [4.78, 5) is 12.0. The fourth-order valence-corrected chi connectivity index (χ4v) is 2.51. The molecular weight excluding hydrogens is 286 g/mol. The van der Waals surface area contributed by atoms with E-state index < -0.39 is 23.4 Å². The Morgan fingerprint density at radius 1 is 1.30 bits per heavy atom. The molecule has 7 heteroatoms. The normalized spacial score (nSPS) is 15.9. The molecule has 1 fully saturated rings. The average Bonchev–Trinajstić information content (AvgIpc) is 2.45. The molecule has 1 aliphatic carbocycles. The van der Waals surface area contributed by atoms with E-state index in [2.05, 4.69) is 18.1 Å². The van der Waals surface area contributed by atoms with Gasteiger partial charge >= 0.3 is 6.03 Å². The SMILES string of the molecule is O=C(NC1CCCCC1)N(S)c1ccc(F)c(F)c1O. The first-order valence-corrected chi connectivity index (χ1v) is 6.87. The molecule has 1 saturated carbocycles. The molecule has 110 valence electrons. The van der Waals surface area contributed by atoms with Crippen LogP contribution in [0.5, 0.6) is 5.75 Å². The van der Waals surface area contributed by atoms with Crippen LogP contribution >= 0.6 is 12.8 Å². The van der Waals surface area contributed by atoms with Gasteiger partial charge in [0.1, 0.15) is 5.69 Å². The minimum absolute atomic E-state index is 0.0540. The van der Waals surface area contributed by atoms with Gasteiger partial charge in [0.2, 0.25) is 5.82 Å². The van der Waals surface area contributed by atoms with Crippen molar-refractivity contribution in [2.75, 3.05) is 4.31 Å². The Morgan fingerprint density at radius 3 is 2.60 bits per heavy atom. The predicted molar refractivity (Wildman–Crippen MR) is 74.9 cm³/mol. The Morgan fingerprint density at radius 2 is 1.95 bits per heavy atom. The van der Waals surface area contributed by atoms with E-state index in [9.17, 15) is 18.7 Å². The molecule has 0 saturated heterocycles. The monoisotopic (exact) mass is 302 g/mol. The first-order valence-electron chi connectivity index (χ1n) is 6.47. The third-order valence-corrected chi connectivity index (χ3v) is 3.80. The first kappa shape index (κ1) is 14.9. The molecule has 0 unspecified atom stereocenters. The van der Waals surface area contributed by atoms with Gasteiger partial charge in [-0.2, -0.15) is 4.39 Å². The highest BCUT2D eigenvalue weighted by Crippen LogP contribution is 2.32. The summed E-state index contributed by atoms with van der Waals surface area (Å²) in [5, 5.41) is 12.3. The lowest BCUT2D eigenvalue weighted by molar-refractivity contribution is 0.241. The molecule has 0 aliphatic heterocycles. The van der Waals surface area contributed by atoms with E-state index >= 15 is 0 Å². The highest BCUT2D eigenvalue weighted by atomic mass is 32.1. The van der Waals surface area contributed by atoms with Crippen LogP contribution in [-0.4, -0.2) is 17.2 Å². The second kappa shape index (κ2) is 6.30. The Labute approximate surface area is 121 Å². The highest BCUT2D eigenvalue weighted by molar-refractivity contribution is 7.82. The molecular formula is C13H16F2N2O2S. The maximum atomic E-state index is 13.3. The number of phenolic OH excluding ortho intramolecular Hbond substituents is 1. The number of nitrogens with one attached hydrogen (secondary N) is 1. The predicted octanol–water partition coefficient (Wildman–Crippen LogP) is 3.36. The topological polar surface area (TPSA) is 52.6 Å². The van der Waals surface area contributed by atoms with Gasteiger partial charge in [0, 0.05) is 6.04 Å². The van der Waals surface area contributed by atoms with E-state index in [0.29, 0.717) is 0 Å². The van der Waals surface area contributed by atoms with Crippen LogP contribution in [0.25, 0.3) is 0 Å². The summed E-state index contributed by atoms with van der Waals surface area (Å²) in [7, 11) is 0. The highest BCUT2D eigenvalue weighted by Gasteiger charge is 2.23.